The maximum absolute atomic E-state index is 11.5. The molecule has 0 aliphatic carbocycles. The van der Waals surface area contributed by atoms with Crippen molar-refractivity contribution in [1.82, 2.24) is 4.57 Å². The molecule has 1 aromatic heterocycles. The van der Waals surface area contributed by atoms with E-state index in [1.54, 1.807) is 0 Å². The van der Waals surface area contributed by atoms with Crippen LogP contribution in [0, 0.1) is 0 Å². The van der Waals surface area contributed by atoms with Gasteiger partial charge in [0.2, 0.25) is 0 Å². The minimum absolute atomic E-state index is 0.0527. The van der Waals surface area contributed by atoms with Crippen molar-refractivity contribution in [2.24, 2.45) is 0 Å². The fourth-order valence-corrected chi connectivity index (χ4v) is 1.89. The Morgan fingerprint density at radius 3 is 2.92 bits per heavy atom. The van der Waals surface area contributed by atoms with Crippen LogP contribution in [0.1, 0.15) is 25.0 Å². The van der Waals surface area contributed by atoms with Crippen LogP contribution in [-0.4, -0.2) is 4.57 Å². The number of nitrogens with two attached hydrogens (primary N) is 1. The predicted octanol–water partition coefficient (Wildman–Crippen LogP) is 1.16. The Bertz CT molecular complexity index is 368. The second-order valence-electron chi connectivity index (χ2n) is 3.58. The van der Waals surface area contributed by atoms with Crippen LogP contribution >= 0.6 is 0 Å². The molecule has 70 valence electrons. The van der Waals surface area contributed by atoms with Crippen molar-refractivity contribution in [3.8, 4) is 0 Å². The average Bonchev–Trinajstić information content (AvgIpc) is 2.28. The van der Waals surface area contributed by atoms with Crippen LogP contribution in [-0.2, 0) is 13.0 Å². The maximum atomic E-state index is 11.5. The first-order valence-corrected chi connectivity index (χ1v) is 4.76. The average molecular weight is 178 g/mol. The van der Waals surface area contributed by atoms with E-state index in [9.17, 15) is 4.79 Å². The van der Waals surface area contributed by atoms with Crippen LogP contribution in [0.5, 0.6) is 0 Å². The molecule has 0 unspecified atom stereocenters. The van der Waals surface area contributed by atoms with Crippen LogP contribution in [0.2, 0.25) is 0 Å². The summed E-state index contributed by atoms with van der Waals surface area (Å²) in [6, 6.07) is 3.43. The fraction of sp³-hybridized carbons (Fsp3) is 0.500. The summed E-state index contributed by atoms with van der Waals surface area (Å²) in [5.41, 5.74) is 7.37. The standard InChI is InChI=1S/C10H14N2O/c11-8-6-9-4-2-1-3-5-12(9)10(13)7-8/h6-7H,1-5,11H2. The van der Waals surface area contributed by atoms with E-state index < -0.39 is 0 Å². The summed E-state index contributed by atoms with van der Waals surface area (Å²) < 4.78 is 1.85. The highest BCUT2D eigenvalue weighted by molar-refractivity contribution is 5.38. The summed E-state index contributed by atoms with van der Waals surface area (Å²) in [6.07, 6.45) is 4.47. The van der Waals surface area contributed by atoms with Crippen molar-refractivity contribution >= 4 is 5.69 Å². The van der Waals surface area contributed by atoms with Crippen LogP contribution in [0.4, 0.5) is 5.69 Å². The number of hydrogen-bond donors (Lipinski definition) is 1. The molecular weight excluding hydrogens is 164 g/mol. The molecule has 0 saturated heterocycles. The quantitative estimate of drug-likeness (QED) is 0.648. The molecule has 0 fully saturated rings. The highest BCUT2D eigenvalue weighted by Crippen LogP contribution is 2.13. The van der Waals surface area contributed by atoms with Gasteiger partial charge in [0.05, 0.1) is 0 Å². The molecule has 2 heterocycles. The van der Waals surface area contributed by atoms with Crippen LogP contribution in [0.15, 0.2) is 16.9 Å². The zero-order valence-electron chi connectivity index (χ0n) is 7.62. The molecule has 0 saturated carbocycles. The number of aromatic nitrogens is 1. The Morgan fingerprint density at radius 1 is 1.23 bits per heavy atom. The first-order valence-electron chi connectivity index (χ1n) is 4.76. The summed E-state index contributed by atoms with van der Waals surface area (Å²) in [5, 5.41) is 0. The minimum atomic E-state index is 0.0527. The zero-order valence-corrected chi connectivity index (χ0v) is 7.62. The number of hydrogen-bond acceptors (Lipinski definition) is 2. The van der Waals surface area contributed by atoms with Crippen molar-refractivity contribution in [2.75, 3.05) is 5.73 Å². The molecule has 3 nitrogen and oxygen atoms in total. The molecule has 0 bridgehead atoms. The van der Waals surface area contributed by atoms with E-state index >= 15 is 0 Å². The van der Waals surface area contributed by atoms with E-state index in [0.717, 1.165) is 25.1 Å². The molecule has 1 aromatic rings. The number of anilines is 1. The van der Waals surface area contributed by atoms with Gasteiger partial charge in [-0.15, -0.1) is 0 Å². The molecule has 0 spiro atoms. The normalized spacial score (nSPS) is 16.3. The van der Waals surface area contributed by atoms with Gasteiger partial charge < -0.3 is 10.3 Å². The van der Waals surface area contributed by atoms with Gasteiger partial charge in [0.15, 0.2) is 0 Å². The van der Waals surface area contributed by atoms with Gasteiger partial charge in [0, 0.05) is 24.0 Å². The molecule has 0 radical (unpaired) electrons. The Kier molecular flexibility index (Phi) is 2.08. The SMILES string of the molecule is Nc1cc2n(c(=O)c1)CCCCC2. The minimum Gasteiger partial charge on any atom is -0.399 e. The Hall–Kier alpha value is -1.25. The number of fused-ring (bicyclic) bond motifs is 1. The number of rotatable bonds is 0. The molecule has 0 aromatic carbocycles. The van der Waals surface area contributed by atoms with Gasteiger partial charge >= 0.3 is 0 Å². The number of pyridine rings is 1. The second-order valence-corrected chi connectivity index (χ2v) is 3.58. The third-order valence-corrected chi connectivity index (χ3v) is 2.55. The molecule has 3 heteroatoms. The van der Waals surface area contributed by atoms with E-state index in [1.165, 1.54) is 18.9 Å². The number of nitrogens with zero attached hydrogens (tertiary/aromatic N) is 1. The first-order chi connectivity index (χ1) is 6.27. The largest absolute Gasteiger partial charge is 0.399 e. The second kappa shape index (κ2) is 3.24. The summed E-state index contributed by atoms with van der Waals surface area (Å²) in [5.74, 6) is 0. The first kappa shape index (κ1) is 8.35. The van der Waals surface area contributed by atoms with Crippen molar-refractivity contribution in [1.29, 1.82) is 0 Å². The Labute approximate surface area is 77.2 Å². The molecule has 2 N–H and O–H groups in total. The smallest absolute Gasteiger partial charge is 0.252 e. The summed E-state index contributed by atoms with van der Waals surface area (Å²) >= 11 is 0. The third kappa shape index (κ3) is 1.59. The van der Waals surface area contributed by atoms with Gasteiger partial charge in [-0.3, -0.25) is 4.79 Å². The summed E-state index contributed by atoms with van der Waals surface area (Å²) in [4.78, 5) is 11.5. The van der Waals surface area contributed by atoms with Crippen LogP contribution in [0.25, 0.3) is 0 Å². The van der Waals surface area contributed by atoms with Gasteiger partial charge in [-0.25, -0.2) is 0 Å². The van der Waals surface area contributed by atoms with Crippen LogP contribution in [0.3, 0.4) is 0 Å². The number of nitrogen functional groups attached to an aromatic ring is 1. The van der Waals surface area contributed by atoms with E-state index in [1.807, 2.05) is 10.6 Å². The maximum Gasteiger partial charge on any atom is 0.252 e. The molecule has 0 atom stereocenters. The lowest BCUT2D eigenvalue weighted by atomic mass is 10.2. The Morgan fingerprint density at radius 2 is 2.08 bits per heavy atom. The van der Waals surface area contributed by atoms with Crippen molar-refractivity contribution in [3.63, 3.8) is 0 Å². The summed E-state index contributed by atoms with van der Waals surface area (Å²) in [7, 11) is 0. The van der Waals surface area contributed by atoms with E-state index in [4.69, 9.17) is 5.73 Å². The van der Waals surface area contributed by atoms with Gasteiger partial charge in [-0.2, -0.15) is 0 Å². The molecule has 0 amide bonds. The molecule has 2 rings (SSSR count). The third-order valence-electron chi connectivity index (χ3n) is 2.55. The lowest BCUT2D eigenvalue weighted by Crippen LogP contribution is -2.22. The summed E-state index contributed by atoms with van der Waals surface area (Å²) in [6.45, 7) is 0.856. The number of aryl methyl sites for hydroxylation is 1. The molecular formula is C10H14N2O. The van der Waals surface area contributed by atoms with E-state index in [-0.39, 0.29) is 5.56 Å². The molecule has 1 aliphatic rings. The monoisotopic (exact) mass is 178 g/mol. The topological polar surface area (TPSA) is 48.0 Å². The lowest BCUT2D eigenvalue weighted by molar-refractivity contribution is 0.618. The van der Waals surface area contributed by atoms with Gasteiger partial charge in [0.25, 0.3) is 5.56 Å². The lowest BCUT2D eigenvalue weighted by Gasteiger charge is -2.08. The molecule has 1 aliphatic heterocycles. The van der Waals surface area contributed by atoms with Gasteiger partial charge in [-0.05, 0) is 25.3 Å². The van der Waals surface area contributed by atoms with Gasteiger partial charge in [0.1, 0.15) is 0 Å². The van der Waals surface area contributed by atoms with E-state index in [0.29, 0.717) is 5.69 Å². The van der Waals surface area contributed by atoms with Crippen LogP contribution < -0.4 is 11.3 Å². The highest BCUT2D eigenvalue weighted by Gasteiger charge is 2.08. The zero-order chi connectivity index (χ0) is 9.26. The van der Waals surface area contributed by atoms with Crippen molar-refractivity contribution < 1.29 is 0 Å². The Balaban J connectivity index is 2.53. The predicted molar refractivity (Wildman–Crippen MR) is 52.7 cm³/mol. The van der Waals surface area contributed by atoms with Gasteiger partial charge in [-0.1, -0.05) is 6.42 Å². The molecule has 13 heavy (non-hydrogen) atoms. The highest BCUT2D eigenvalue weighted by atomic mass is 16.1. The van der Waals surface area contributed by atoms with E-state index in [2.05, 4.69) is 0 Å². The fourth-order valence-electron chi connectivity index (χ4n) is 1.89. The van der Waals surface area contributed by atoms with Crippen molar-refractivity contribution in [3.05, 3.63) is 28.2 Å². The van der Waals surface area contributed by atoms with Crippen molar-refractivity contribution in [2.45, 2.75) is 32.2 Å².